The summed E-state index contributed by atoms with van der Waals surface area (Å²) in [5, 5.41) is 18.0. The molecule has 1 aromatic carbocycles. The van der Waals surface area contributed by atoms with Crippen molar-refractivity contribution in [2.45, 2.75) is 32.7 Å². The van der Waals surface area contributed by atoms with Crippen LogP contribution < -0.4 is 5.56 Å². The Labute approximate surface area is 134 Å². The van der Waals surface area contributed by atoms with Gasteiger partial charge in [0.2, 0.25) is 0 Å². The van der Waals surface area contributed by atoms with E-state index in [4.69, 9.17) is 10.4 Å². The second-order valence-electron chi connectivity index (χ2n) is 6.39. The van der Waals surface area contributed by atoms with E-state index in [0.717, 1.165) is 11.3 Å². The number of rotatable bonds is 3. The third-order valence-corrected chi connectivity index (χ3v) is 3.60. The van der Waals surface area contributed by atoms with E-state index >= 15 is 0 Å². The fourth-order valence-electron chi connectivity index (χ4n) is 2.41. The molecule has 0 atom stereocenters. The van der Waals surface area contributed by atoms with E-state index in [2.05, 4.69) is 0 Å². The summed E-state index contributed by atoms with van der Waals surface area (Å²) >= 11 is 0. The first-order valence-corrected chi connectivity index (χ1v) is 7.20. The van der Waals surface area contributed by atoms with Crippen LogP contribution in [-0.2, 0) is 12.0 Å². The van der Waals surface area contributed by atoms with Gasteiger partial charge in [-0.1, -0.05) is 32.9 Å². The van der Waals surface area contributed by atoms with Crippen molar-refractivity contribution in [3.05, 3.63) is 69.1 Å². The van der Waals surface area contributed by atoms with E-state index in [-0.39, 0.29) is 22.1 Å². The zero-order chi connectivity index (χ0) is 17.2. The molecule has 0 spiro atoms. The van der Waals surface area contributed by atoms with E-state index in [9.17, 15) is 9.59 Å². The average Bonchev–Trinajstić information content (AvgIpc) is 2.48. The van der Waals surface area contributed by atoms with E-state index in [1.165, 1.54) is 12.1 Å². The third-order valence-electron chi connectivity index (χ3n) is 3.60. The molecule has 1 aromatic heterocycles. The Hall–Kier alpha value is -2.87. The third kappa shape index (κ3) is 3.49. The predicted molar refractivity (Wildman–Crippen MR) is 86.6 cm³/mol. The van der Waals surface area contributed by atoms with Crippen molar-refractivity contribution in [2.24, 2.45) is 0 Å². The molecule has 0 bridgehead atoms. The van der Waals surface area contributed by atoms with E-state index in [0.29, 0.717) is 6.54 Å². The molecule has 0 saturated heterocycles. The number of nitrogens with zero attached hydrogens (tertiary/aromatic N) is 2. The molecule has 0 aliphatic carbocycles. The summed E-state index contributed by atoms with van der Waals surface area (Å²) in [5.74, 6) is -0.990. The van der Waals surface area contributed by atoms with Gasteiger partial charge in [-0.05, 0) is 29.8 Å². The summed E-state index contributed by atoms with van der Waals surface area (Å²) in [6.07, 6.45) is 0. The van der Waals surface area contributed by atoms with Gasteiger partial charge in [-0.2, -0.15) is 5.26 Å². The van der Waals surface area contributed by atoms with Crippen LogP contribution in [0.5, 0.6) is 0 Å². The minimum absolute atomic E-state index is 0.0974. The lowest BCUT2D eigenvalue weighted by molar-refractivity contribution is 0.0697. The highest BCUT2D eigenvalue weighted by molar-refractivity contribution is 5.87. The zero-order valence-electron chi connectivity index (χ0n) is 13.3. The summed E-state index contributed by atoms with van der Waals surface area (Å²) in [5.41, 5.74) is 1.33. The highest BCUT2D eigenvalue weighted by Crippen LogP contribution is 2.22. The summed E-state index contributed by atoms with van der Waals surface area (Å²) in [4.78, 5) is 23.4. The van der Waals surface area contributed by atoms with Crippen LogP contribution in [0.15, 0.2) is 41.2 Å². The molecule has 0 radical (unpaired) electrons. The van der Waals surface area contributed by atoms with Crippen LogP contribution in [0.3, 0.4) is 0 Å². The minimum atomic E-state index is -0.990. The minimum Gasteiger partial charge on any atom is -0.478 e. The normalized spacial score (nSPS) is 11.0. The number of pyridine rings is 1. The molecule has 0 unspecified atom stereocenters. The number of carboxylic acid groups (broad SMARTS) is 1. The van der Waals surface area contributed by atoms with Crippen molar-refractivity contribution < 1.29 is 9.90 Å². The van der Waals surface area contributed by atoms with Crippen LogP contribution in [-0.4, -0.2) is 15.6 Å². The molecule has 0 aliphatic heterocycles. The second-order valence-corrected chi connectivity index (χ2v) is 6.39. The van der Waals surface area contributed by atoms with Crippen molar-refractivity contribution in [3.8, 4) is 6.07 Å². The van der Waals surface area contributed by atoms with E-state index < -0.39 is 5.97 Å². The quantitative estimate of drug-likeness (QED) is 0.945. The Balaban J connectivity index is 2.51. The monoisotopic (exact) mass is 310 g/mol. The van der Waals surface area contributed by atoms with Crippen LogP contribution in [0.2, 0.25) is 0 Å². The van der Waals surface area contributed by atoms with Crippen LogP contribution in [0.4, 0.5) is 0 Å². The van der Waals surface area contributed by atoms with Crippen LogP contribution in [0.1, 0.15) is 48.0 Å². The summed E-state index contributed by atoms with van der Waals surface area (Å²) in [7, 11) is 0. The van der Waals surface area contributed by atoms with E-state index in [1.54, 1.807) is 28.8 Å². The van der Waals surface area contributed by atoms with Crippen molar-refractivity contribution in [2.75, 3.05) is 0 Å². The molecule has 118 valence electrons. The number of carbonyl (C=O) groups is 1. The fourth-order valence-corrected chi connectivity index (χ4v) is 2.41. The van der Waals surface area contributed by atoms with Gasteiger partial charge in [-0.25, -0.2) is 4.79 Å². The average molecular weight is 310 g/mol. The smallest absolute Gasteiger partial charge is 0.335 e. The first-order valence-electron chi connectivity index (χ1n) is 7.20. The number of aromatic carboxylic acids is 1. The number of hydrogen-bond donors (Lipinski definition) is 1. The van der Waals surface area contributed by atoms with Gasteiger partial charge in [0.25, 0.3) is 5.56 Å². The Morgan fingerprint density at radius 3 is 2.26 bits per heavy atom. The molecular weight excluding hydrogens is 292 g/mol. The molecular formula is C18H18N2O3. The SMILES string of the molecule is CC(C)(C)c1ccc(C#N)c(=O)n1Cc1ccc(C(=O)O)cc1. The van der Waals surface area contributed by atoms with Crippen molar-refractivity contribution in [3.63, 3.8) is 0 Å². The maximum Gasteiger partial charge on any atom is 0.335 e. The Bertz CT molecular complexity index is 835. The largest absolute Gasteiger partial charge is 0.478 e. The second kappa shape index (κ2) is 6.09. The molecule has 5 nitrogen and oxygen atoms in total. The van der Waals surface area contributed by atoms with Gasteiger partial charge in [0.15, 0.2) is 0 Å². The molecule has 0 saturated carbocycles. The number of benzene rings is 1. The number of hydrogen-bond acceptors (Lipinski definition) is 3. The summed E-state index contributed by atoms with van der Waals surface area (Å²) in [6.45, 7) is 6.29. The zero-order valence-corrected chi connectivity index (χ0v) is 13.3. The molecule has 0 fully saturated rings. The van der Waals surface area contributed by atoms with Crippen LogP contribution >= 0.6 is 0 Å². The lowest BCUT2D eigenvalue weighted by atomic mass is 9.90. The number of carboxylic acids is 1. The lowest BCUT2D eigenvalue weighted by Crippen LogP contribution is -2.31. The molecule has 2 rings (SSSR count). The molecule has 2 aromatic rings. The van der Waals surface area contributed by atoms with Gasteiger partial charge in [-0.15, -0.1) is 0 Å². The molecule has 0 aliphatic rings. The Kier molecular flexibility index (Phi) is 4.37. The van der Waals surface area contributed by atoms with Crippen molar-refractivity contribution >= 4 is 5.97 Å². The molecule has 23 heavy (non-hydrogen) atoms. The molecule has 1 N–H and O–H groups in total. The van der Waals surface area contributed by atoms with Gasteiger partial charge in [0, 0.05) is 11.1 Å². The number of nitriles is 1. The first kappa shape index (κ1) is 16.5. The maximum atomic E-state index is 12.5. The van der Waals surface area contributed by atoms with Gasteiger partial charge in [0.05, 0.1) is 12.1 Å². The predicted octanol–water partition coefficient (Wildman–Crippen LogP) is 2.76. The maximum absolute atomic E-state index is 12.5. The highest BCUT2D eigenvalue weighted by atomic mass is 16.4. The van der Waals surface area contributed by atoms with Crippen molar-refractivity contribution in [1.29, 1.82) is 5.26 Å². The van der Waals surface area contributed by atoms with Gasteiger partial charge in [-0.3, -0.25) is 4.79 Å². The van der Waals surface area contributed by atoms with Crippen LogP contribution in [0, 0.1) is 11.3 Å². The van der Waals surface area contributed by atoms with Crippen LogP contribution in [0.25, 0.3) is 0 Å². The van der Waals surface area contributed by atoms with E-state index in [1.807, 2.05) is 26.8 Å². The highest BCUT2D eigenvalue weighted by Gasteiger charge is 2.20. The first-order chi connectivity index (χ1) is 10.7. The summed E-state index contributed by atoms with van der Waals surface area (Å²) in [6, 6.07) is 11.6. The summed E-state index contributed by atoms with van der Waals surface area (Å²) < 4.78 is 1.58. The fraction of sp³-hybridized carbons (Fsp3) is 0.278. The molecule has 1 heterocycles. The lowest BCUT2D eigenvalue weighted by Gasteiger charge is -2.24. The van der Waals surface area contributed by atoms with Gasteiger partial charge >= 0.3 is 5.97 Å². The number of aromatic nitrogens is 1. The Morgan fingerprint density at radius 1 is 1.17 bits per heavy atom. The Morgan fingerprint density at radius 2 is 1.78 bits per heavy atom. The molecule has 0 amide bonds. The topological polar surface area (TPSA) is 83.1 Å². The van der Waals surface area contributed by atoms with Crippen molar-refractivity contribution in [1.82, 2.24) is 4.57 Å². The molecule has 5 heteroatoms. The van der Waals surface area contributed by atoms with Gasteiger partial charge < -0.3 is 9.67 Å². The van der Waals surface area contributed by atoms with Gasteiger partial charge in [0.1, 0.15) is 11.6 Å². The standard InChI is InChI=1S/C18H18N2O3/c1-18(2,3)15-9-8-14(10-19)16(21)20(15)11-12-4-6-13(7-5-12)17(22)23/h4-9H,11H2,1-3H3,(H,22,23).